The summed E-state index contributed by atoms with van der Waals surface area (Å²) >= 11 is 0. The Labute approximate surface area is 456 Å². The Hall–Kier alpha value is -9.72. The SMILES string of the molecule is Cc1cc(C)c(C(c2ccc(N(c3nc(-c4ccccc4)nc(-c4ccccc4-c4ccccc4)n3)c3nc(-c4ccccc4)nc(-c4ccc5ccccc5c4-c4ccccc4)n3)cc2)c2c(C)cc(C)cc2C)c(C)c1. The van der Waals surface area contributed by atoms with Gasteiger partial charge in [0.25, 0.3) is 0 Å². The van der Waals surface area contributed by atoms with E-state index in [0.717, 1.165) is 66.5 Å². The third-order valence-electron chi connectivity index (χ3n) is 14.7. The van der Waals surface area contributed by atoms with Gasteiger partial charge in [-0.2, -0.15) is 19.9 Å². The maximum absolute atomic E-state index is 5.56. The Kier molecular flexibility index (Phi) is 13.3. The lowest BCUT2D eigenvalue weighted by atomic mass is 9.77. The van der Waals surface area contributed by atoms with E-state index in [1.807, 2.05) is 83.8 Å². The summed E-state index contributed by atoms with van der Waals surface area (Å²) in [6.07, 6.45) is 0. The number of aromatic nitrogens is 6. The second-order valence-electron chi connectivity index (χ2n) is 20.3. The lowest BCUT2D eigenvalue weighted by molar-refractivity contribution is 0.917. The van der Waals surface area contributed by atoms with Crippen LogP contribution in [0.4, 0.5) is 17.6 Å². The minimum atomic E-state index is -0.0468. The molecule has 0 bridgehead atoms. The number of benzene rings is 10. The molecule has 0 amide bonds. The average Bonchev–Trinajstić information content (AvgIpc) is 3.48. The summed E-state index contributed by atoms with van der Waals surface area (Å²) in [5, 5.41) is 2.21. The van der Waals surface area contributed by atoms with Gasteiger partial charge in [0, 0.05) is 33.7 Å². The molecule has 0 saturated carbocycles. The quantitative estimate of drug-likeness (QED) is 0.113. The van der Waals surface area contributed by atoms with Crippen LogP contribution in [0.1, 0.15) is 56.0 Å². The first-order valence-corrected chi connectivity index (χ1v) is 26.6. The maximum atomic E-state index is 5.56. The molecule has 0 saturated heterocycles. The first kappa shape index (κ1) is 49.2. The van der Waals surface area contributed by atoms with Gasteiger partial charge in [0.1, 0.15) is 0 Å². The van der Waals surface area contributed by atoms with Gasteiger partial charge in [0.05, 0.1) is 5.69 Å². The van der Waals surface area contributed by atoms with Crippen molar-refractivity contribution < 1.29 is 0 Å². The summed E-state index contributed by atoms with van der Waals surface area (Å²) in [4.78, 5) is 34.5. The smallest absolute Gasteiger partial charge is 0.241 e. The fraction of sp³-hybridized carbons (Fsp3) is 0.0986. The lowest BCUT2D eigenvalue weighted by Crippen LogP contribution is -2.19. The van der Waals surface area contributed by atoms with Crippen LogP contribution in [-0.4, -0.2) is 29.9 Å². The van der Waals surface area contributed by atoms with E-state index >= 15 is 0 Å². The van der Waals surface area contributed by atoms with E-state index in [1.165, 1.54) is 44.5 Å². The molecule has 12 aromatic rings. The van der Waals surface area contributed by atoms with Crippen molar-refractivity contribution >= 4 is 28.4 Å². The van der Waals surface area contributed by atoms with Crippen LogP contribution in [0, 0.1) is 41.5 Å². The summed E-state index contributed by atoms with van der Waals surface area (Å²) in [7, 11) is 0. The molecule has 78 heavy (non-hydrogen) atoms. The summed E-state index contributed by atoms with van der Waals surface area (Å²) in [6, 6.07) is 80.3. The molecule has 376 valence electrons. The molecule has 0 aliphatic rings. The van der Waals surface area contributed by atoms with Gasteiger partial charge in [-0.25, -0.2) is 14.9 Å². The molecule has 0 atom stereocenters. The van der Waals surface area contributed by atoms with Gasteiger partial charge in [-0.15, -0.1) is 0 Å². The number of hydrogen-bond acceptors (Lipinski definition) is 7. The predicted molar refractivity (Wildman–Crippen MR) is 320 cm³/mol. The number of hydrogen-bond donors (Lipinski definition) is 0. The van der Waals surface area contributed by atoms with Gasteiger partial charge in [0.15, 0.2) is 23.3 Å². The minimum absolute atomic E-state index is 0.0468. The molecular weight excluding hydrogens is 951 g/mol. The minimum Gasteiger partial charge on any atom is -0.246 e. The van der Waals surface area contributed by atoms with Crippen LogP contribution in [0.3, 0.4) is 0 Å². The van der Waals surface area contributed by atoms with E-state index in [1.54, 1.807) is 0 Å². The van der Waals surface area contributed by atoms with Crippen molar-refractivity contribution in [3.8, 4) is 67.8 Å². The standard InChI is InChI=1S/C71H57N7/c1-45-41-47(3)62(48(4)42-45)65(63-49(5)43-46(2)44-50(63)6)54-35-38-57(39-36-54)78(70-74-66(55-28-15-9-16-29-55)72-68(76-70)60-34-22-21-32-58(60)51-23-11-7-12-24-51)71-75-67(56-30-17-10-18-31-56)73-69(77-71)61-40-37-52-25-19-20-33-59(52)64(61)53-26-13-8-14-27-53/h7-44,65H,1-6H3. The van der Waals surface area contributed by atoms with E-state index in [9.17, 15) is 0 Å². The molecule has 0 spiro atoms. The Morgan fingerprint density at radius 3 is 1.24 bits per heavy atom. The first-order chi connectivity index (χ1) is 38.1. The lowest BCUT2D eigenvalue weighted by Gasteiger charge is -2.28. The number of fused-ring (bicyclic) bond motifs is 1. The molecule has 0 radical (unpaired) electrons. The van der Waals surface area contributed by atoms with Gasteiger partial charge in [-0.05, 0) is 126 Å². The molecule has 0 aliphatic heterocycles. The topological polar surface area (TPSA) is 80.6 Å². The Bertz CT molecular complexity index is 4040. The summed E-state index contributed by atoms with van der Waals surface area (Å²) in [5.41, 5.74) is 19.6. The zero-order valence-corrected chi connectivity index (χ0v) is 44.6. The van der Waals surface area contributed by atoms with Crippen LogP contribution in [0.5, 0.6) is 0 Å². The van der Waals surface area contributed by atoms with Crippen LogP contribution in [0.2, 0.25) is 0 Å². The van der Waals surface area contributed by atoms with Crippen LogP contribution in [0.15, 0.2) is 231 Å². The van der Waals surface area contributed by atoms with Crippen molar-refractivity contribution in [1.82, 2.24) is 29.9 Å². The number of nitrogens with zero attached hydrogens (tertiary/aromatic N) is 7. The van der Waals surface area contributed by atoms with Crippen molar-refractivity contribution in [2.24, 2.45) is 0 Å². The molecule has 2 aromatic heterocycles. The molecule has 2 heterocycles. The molecule has 7 nitrogen and oxygen atoms in total. The third kappa shape index (κ3) is 9.63. The fourth-order valence-electron chi connectivity index (χ4n) is 11.4. The average molecular weight is 1010 g/mol. The highest BCUT2D eigenvalue weighted by molar-refractivity contribution is 6.03. The van der Waals surface area contributed by atoms with Gasteiger partial charge in [0.2, 0.25) is 11.9 Å². The van der Waals surface area contributed by atoms with E-state index in [0.29, 0.717) is 35.2 Å². The predicted octanol–water partition coefficient (Wildman–Crippen LogP) is 17.7. The van der Waals surface area contributed by atoms with Crippen molar-refractivity contribution in [3.05, 3.63) is 281 Å². The fourth-order valence-corrected chi connectivity index (χ4v) is 11.4. The maximum Gasteiger partial charge on any atom is 0.241 e. The number of anilines is 3. The van der Waals surface area contributed by atoms with Crippen LogP contribution in [0.25, 0.3) is 78.6 Å². The van der Waals surface area contributed by atoms with Crippen LogP contribution < -0.4 is 4.90 Å². The number of rotatable bonds is 12. The Morgan fingerprint density at radius 2 is 0.731 bits per heavy atom. The highest BCUT2D eigenvalue weighted by atomic mass is 15.4. The van der Waals surface area contributed by atoms with Gasteiger partial charge in [-0.3, -0.25) is 0 Å². The molecule has 12 rings (SSSR count). The van der Waals surface area contributed by atoms with E-state index in [-0.39, 0.29) is 5.92 Å². The molecule has 7 heteroatoms. The Morgan fingerprint density at radius 1 is 0.321 bits per heavy atom. The monoisotopic (exact) mass is 1010 g/mol. The summed E-state index contributed by atoms with van der Waals surface area (Å²) in [5.74, 6) is 2.68. The number of aryl methyl sites for hydroxylation is 6. The zero-order valence-electron chi connectivity index (χ0n) is 44.6. The van der Waals surface area contributed by atoms with Crippen LogP contribution >= 0.6 is 0 Å². The zero-order chi connectivity index (χ0) is 53.3. The van der Waals surface area contributed by atoms with Gasteiger partial charge >= 0.3 is 0 Å². The van der Waals surface area contributed by atoms with E-state index in [4.69, 9.17) is 29.9 Å². The molecular formula is C71H57N7. The normalized spacial score (nSPS) is 11.3. The molecule has 0 aliphatic carbocycles. The van der Waals surface area contributed by atoms with Crippen LogP contribution in [-0.2, 0) is 0 Å². The van der Waals surface area contributed by atoms with Crippen molar-refractivity contribution in [3.63, 3.8) is 0 Å². The van der Waals surface area contributed by atoms with Crippen molar-refractivity contribution in [2.45, 2.75) is 47.5 Å². The van der Waals surface area contributed by atoms with E-state index < -0.39 is 0 Å². The first-order valence-electron chi connectivity index (χ1n) is 26.6. The summed E-state index contributed by atoms with van der Waals surface area (Å²) < 4.78 is 0. The Balaban J connectivity index is 1.14. The molecule has 0 fully saturated rings. The second kappa shape index (κ2) is 21.1. The molecule has 0 N–H and O–H groups in total. The largest absolute Gasteiger partial charge is 0.246 e. The van der Waals surface area contributed by atoms with Gasteiger partial charge < -0.3 is 0 Å². The molecule has 0 unspecified atom stereocenters. The van der Waals surface area contributed by atoms with Crippen molar-refractivity contribution in [1.29, 1.82) is 0 Å². The molecule has 10 aromatic carbocycles. The van der Waals surface area contributed by atoms with Crippen molar-refractivity contribution in [2.75, 3.05) is 4.90 Å². The summed E-state index contributed by atoms with van der Waals surface area (Å²) in [6.45, 7) is 13.3. The third-order valence-corrected chi connectivity index (χ3v) is 14.7. The van der Waals surface area contributed by atoms with E-state index in [2.05, 4.69) is 193 Å². The van der Waals surface area contributed by atoms with Gasteiger partial charge in [-0.1, -0.05) is 223 Å². The highest BCUT2D eigenvalue weighted by Gasteiger charge is 2.29. The second-order valence-corrected chi connectivity index (χ2v) is 20.3. The highest BCUT2D eigenvalue weighted by Crippen LogP contribution is 2.44.